The lowest BCUT2D eigenvalue weighted by molar-refractivity contribution is 0.0697. The molecular formula is C20H17ClN2O4S. The van der Waals surface area contributed by atoms with Crippen LogP contribution in [0.5, 0.6) is 0 Å². The Labute approximate surface area is 168 Å². The van der Waals surface area contributed by atoms with E-state index < -0.39 is 16.0 Å². The summed E-state index contributed by atoms with van der Waals surface area (Å²) in [4.78, 5) is 14.9. The second-order valence-corrected chi connectivity index (χ2v) is 8.40. The van der Waals surface area contributed by atoms with Gasteiger partial charge in [0.2, 0.25) is 10.0 Å². The third-order valence-corrected chi connectivity index (χ3v) is 6.10. The molecule has 0 aliphatic heterocycles. The van der Waals surface area contributed by atoms with Gasteiger partial charge in [-0.2, -0.15) is 4.31 Å². The van der Waals surface area contributed by atoms with Crippen molar-refractivity contribution < 1.29 is 18.3 Å². The van der Waals surface area contributed by atoms with E-state index in [1.54, 1.807) is 12.1 Å². The Kier molecular flexibility index (Phi) is 6.08. The SMILES string of the molecule is O=C(O)c1ccc(CN(Cc2ccccc2)S(=O)(=O)c2ccc(Cl)nc2)cc1. The van der Waals surface area contributed by atoms with E-state index in [-0.39, 0.29) is 28.7 Å². The number of carboxylic acids is 1. The van der Waals surface area contributed by atoms with Gasteiger partial charge < -0.3 is 5.11 Å². The van der Waals surface area contributed by atoms with Crippen molar-refractivity contribution in [2.45, 2.75) is 18.0 Å². The molecule has 0 saturated heterocycles. The lowest BCUT2D eigenvalue weighted by atomic mass is 10.1. The van der Waals surface area contributed by atoms with Gasteiger partial charge in [-0.15, -0.1) is 0 Å². The number of nitrogens with zero attached hydrogens (tertiary/aromatic N) is 2. The number of halogens is 1. The van der Waals surface area contributed by atoms with Crippen LogP contribution in [-0.2, 0) is 23.1 Å². The predicted molar refractivity (Wildman–Crippen MR) is 106 cm³/mol. The molecule has 6 nitrogen and oxygen atoms in total. The first-order valence-corrected chi connectivity index (χ1v) is 10.2. The van der Waals surface area contributed by atoms with Gasteiger partial charge in [-0.3, -0.25) is 0 Å². The molecule has 8 heteroatoms. The van der Waals surface area contributed by atoms with Gasteiger partial charge in [0.15, 0.2) is 0 Å². The molecule has 0 aliphatic carbocycles. The topological polar surface area (TPSA) is 87.6 Å². The van der Waals surface area contributed by atoms with Crippen molar-refractivity contribution in [2.75, 3.05) is 0 Å². The fourth-order valence-corrected chi connectivity index (χ4v) is 4.11. The van der Waals surface area contributed by atoms with Crippen molar-refractivity contribution >= 4 is 27.6 Å². The predicted octanol–water partition coefficient (Wildman–Crippen LogP) is 3.82. The average molecular weight is 417 g/mol. The van der Waals surface area contributed by atoms with Gasteiger partial charge in [-0.05, 0) is 35.4 Å². The molecule has 0 radical (unpaired) electrons. The maximum absolute atomic E-state index is 13.2. The number of carboxylic acid groups (broad SMARTS) is 1. The maximum Gasteiger partial charge on any atom is 0.335 e. The molecule has 144 valence electrons. The number of aromatic carboxylic acids is 1. The minimum atomic E-state index is -3.84. The van der Waals surface area contributed by atoms with Crippen molar-refractivity contribution in [3.63, 3.8) is 0 Å². The molecule has 2 aromatic carbocycles. The van der Waals surface area contributed by atoms with Crippen LogP contribution in [0.25, 0.3) is 0 Å². The molecule has 1 N–H and O–H groups in total. The van der Waals surface area contributed by atoms with E-state index >= 15 is 0 Å². The van der Waals surface area contributed by atoms with Crippen molar-refractivity contribution in [1.82, 2.24) is 9.29 Å². The van der Waals surface area contributed by atoms with Crippen LogP contribution >= 0.6 is 11.6 Å². The van der Waals surface area contributed by atoms with Crippen LogP contribution in [0, 0.1) is 0 Å². The summed E-state index contributed by atoms with van der Waals surface area (Å²) in [5.74, 6) is -1.03. The largest absolute Gasteiger partial charge is 0.478 e. The Morgan fingerprint density at radius 1 is 0.929 bits per heavy atom. The highest BCUT2D eigenvalue weighted by Gasteiger charge is 2.25. The number of aromatic nitrogens is 1. The summed E-state index contributed by atoms with van der Waals surface area (Å²) in [5.41, 5.74) is 1.64. The molecule has 0 aliphatic rings. The van der Waals surface area contributed by atoms with Crippen LogP contribution in [-0.4, -0.2) is 28.8 Å². The molecule has 0 fully saturated rings. The number of hydrogen-bond acceptors (Lipinski definition) is 4. The lowest BCUT2D eigenvalue weighted by Gasteiger charge is -2.22. The molecule has 0 amide bonds. The number of sulfonamides is 1. The van der Waals surface area contributed by atoms with Crippen LogP contribution in [0.2, 0.25) is 5.15 Å². The van der Waals surface area contributed by atoms with Crippen molar-refractivity contribution in [3.8, 4) is 0 Å². The van der Waals surface area contributed by atoms with Crippen molar-refractivity contribution in [2.24, 2.45) is 0 Å². The van der Waals surface area contributed by atoms with Gasteiger partial charge in [0.05, 0.1) is 5.56 Å². The molecule has 3 rings (SSSR count). The highest BCUT2D eigenvalue weighted by molar-refractivity contribution is 7.89. The molecule has 28 heavy (non-hydrogen) atoms. The Bertz CT molecular complexity index is 1050. The van der Waals surface area contributed by atoms with Gasteiger partial charge in [-0.25, -0.2) is 18.2 Å². The summed E-state index contributed by atoms with van der Waals surface area (Å²) in [5, 5.41) is 9.24. The van der Waals surface area contributed by atoms with Crippen LogP contribution in [0.4, 0.5) is 0 Å². The van der Waals surface area contributed by atoms with Crippen LogP contribution < -0.4 is 0 Å². The molecule has 1 aromatic heterocycles. The second-order valence-electron chi connectivity index (χ2n) is 6.08. The Morgan fingerprint density at radius 3 is 2.07 bits per heavy atom. The molecule has 1 heterocycles. The minimum absolute atomic E-state index is 0.0370. The van der Waals surface area contributed by atoms with Gasteiger partial charge in [0, 0.05) is 19.3 Å². The van der Waals surface area contributed by atoms with E-state index in [1.165, 1.54) is 34.8 Å². The number of carbonyl (C=O) groups is 1. The molecule has 3 aromatic rings. The molecule has 0 bridgehead atoms. The minimum Gasteiger partial charge on any atom is -0.478 e. The van der Waals surface area contributed by atoms with E-state index in [1.807, 2.05) is 30.3 Å². The molecule has 0 atom stereocenters. The van der Waals surface area contributed by atoms with E-state index in [9.17, 15) is 13.2 Å². The third-order valence-electron chi connectivity index (χ3n) is 4.10. The molecule has 0 spiro atoms. The van der Waals surface area contributed by atoms with Gasteiger partial charge in [0.25, 0.3) is 0 Å². The molecular weight excluding hydrogens is 400 g/mol. The van der Waals surface area contributed by atoms with Gasteiger partial charge in [0.1, 0.15) is 10.0 Å². The first kappa shape index (κ1) is 20.0. The standard InChI is InChI=1S/C20H17ClN2O4S/c21-19-11-10-18(12-22-19)28(26,27)23(13-15-4-2-1-3-5-15)14-16-6-8-17(9-7-16)20(24)25/h1-12H,13-14H2,(H,24,25). The summed E-state index contributed by atoms with van der Waals surface area (Å²) >= 11 is 5.77. The molecule has 0 saturated carbocycles. The Morgan fingerprint density at radius 2 is 1.54 bits per heavy atom. The quantitative estimate of drug-likeness (QED) is 0.591. The highest BCUT2D eigenvalue weighted by atomic mass is 35.5. The monoisotopic (exact) mass is 416 g/mol. The summed E-state index contributed by atoms with van der Waals surface area (Å²) in [6, 6.07) is 18.2. The smallest absolute Gasteiger partial charge is 0.335 e. The second kappa shape index (κ2) is 8.52. The normalized spacial score (nSPS) is 11.5. The summed E-state index contributed by atoms with van der Waals surface area (Å²) in [7, 11) is -3.84. The first-order valence-electron chi connectivity index (χ1n) is 8.34. The third kappa shape index (κ3) is 4.75. The van der Waals surface area contributed by atoms with Crippen molar-refractivity contribution in [1.29, 1.82) is 0 Å². The number of pyridine rings is 1. The van der Waals surface area contributed by atoms with Crippen LogP contribution in [0.3, 0.4) is 0 Å². The van der Waals surface area contributed by atoms with E-state index in [0.717, 1.165) is 5.56 Å². The summed E-state index contributed by atoms with van der Waals surface area (Å²) < 4.78 is 27.7. The fraction of sp³-hybridized carbons (Fsp3) is 0.100. The zero-order valence-electron chi connectivity index (χ0n) is 14.7. The van der Waals surface area contributed by atoms with Gasteiger partial charge >= 0.3 is 5.97 Å². The van der Waals surface area contributed by atoms with Crippen LogP contribution in [0.15, 0.2) is 77.8 Å². The first-order chi connectivity index (χ1) is 13.4. The average Bonchev–Trinajstić information content (AvgIpc) is 2.69. The van der Waals surface area contributed by atoms with Crippen LogP contribution in [0.1, 0.15) is 21.5 Å². The fourth-order valence-electron chi connectivity index (χ4n) is 2.63. The van der Waals surface area contributed by atoms with E-state index in [4.69, 9.17) is 16.7 Å². The maximum atomic E-state index is 13.2. The van der Waals surface area contributed by atoms with E-state index in [0.29, 0.717) is 5.56 Å². The zero-order chi connectivity index (χ0) is 20.1. The number of benzene rings is 2. The lowest BCUT2D eigenvalue weighted by Crippen LogP contribution is -2.30. The van der Waals surface area contributed by atoms with Gasteiger partial charge in [-0.1, -0.05) is 54.1 Å². The summed E-state index contributed by atoms with van der Waals surface area (Å²) in [6.07, 6.45) is 1.23. The number of hydrogen-bond donors (Lipinski definition) is 1. The number of rotatable bonds is 7. The van der Waals surface area contributed by atoms with Crippen molar-refractivity contribution in [3.05, 3.63) is 94.8 Å². The zero-order valence-corrected chi connectivity index (χ0v) is 16.3. The Balaban J connectivity index is 1.94. The van der Waals surface area contributed by atoms with E-state index in [2.05, 4.69) is 4.98 Å². The summed E-state index contributed by atoms with van der Waals surface area (Å²) in [6.45, 7) is 0.242. The Hall–Kier alpha value is -2.74. The highest BCUT2D eigenvalue weighted by Crippen LogP contribution is 2.22. The molecule has 0 unspecified atom stereocenters.